The van der Waals surface area contributed by atoms with Crippen molar-refractivity contribution in [3.05, 3.63) is 116 Å². The molecular formula is C24H18ClN3O3. The molecule has 3 aromatic rings. The van der Waals surface area contributed by atoms with E-state index in [9.17, 15) is 14.9 Å². The molecule has 6 nitrogen and oxygen atoms in total. The first-order valence-corrected chi connectivity index (χ1v) is 9.78. The van der Waals surface area contributed by atoms with Gasteiger partial charge in [0, 0.05) is 29.3 Å². The number of hydrogen-bond donors (Lipinski definition) is 0. The van der Waals surface area contributed by atoms with E-state index in [-0.39, 0.29) is 24.7 Å². The average molecular weight is 432 g/mol. The molecule has 0 aliphatic heterocycles. The molecule has 0 aliphatic rings. The molecule has 0 aromatic heterocycles. The molecule has 0 radical (unpaired) electrons. The number of rotatable bonds is 7. The van der Waals surface area contributed by atoms with Crippen molar-refractivity contribution >= 4 is 29.3 Å². The van der Waals surface area contributed by atoms with Gasteiger partial charge in [0.1, 0.15) is 0 Å². The van der Waals surface area contributed by atoms with Crippen molar-refractivity contribution in [2.75, 3.05) is 0 Å². The highest BCUT2D eigenvalue weighted by Gasteiger charge is 2.18. The number of halogens is 1. The molecule has 0 atom stereocenters. The van der Waals surface area contributed by atoms with Gasteiger partial charge < -0.3 is 4.90 Å². The summed E-state index contributed by atoms with van der Waals surface area (Å²) in [6, 6.07) is 22.3. The van der Waals surface area contributed by atoms with Gasteiger partial charge in [-0.1, -0.05) is 54.1 Å². The lowest BCUT2D eigenvalue weighted by molar-refractivity contribution is -0.385. The second-order valence-electron chi connectivity index (χ2n) is 6.77. The number of nitriles is 1. The van der Waals surface area contributed by atoms with Gasteiger partial charge in [-0.05, 0) is 41.5 Å². The van der Waals surface area contributed by atoms with Crippen LogP contribution >= 0.6 is 11.6 Å². The lowest BCUT2D eigenvalue weighted by Crippen LogP contribution is -2.28. The highest BCUT2D eigenvalue weighted by molar-refractivity contribution is 6.30. The highest BCUT2D eigenvalue weighted by Crippen LogP contribution is 2.21. The van der Waals surface area contributed by atoms with Gasteiger partial charge in [0.2, 0.25) is 5.91 Å². The van der Waals surface area contributed by atoms with Crippen LogP contribution < -0.4 is 0 Å². The largest absolute Gasteiger partial charge is 0.330 e. The minimum Gasteiger partial charge on any atom is -0.330 e. The molecule has 0 bridgehead atoms. The second kappa shape index (κ2) is 10.2. The van der Waals surface area contributed by atoms with E-state index in [0.717, 1.165) is 11.1 Å². The zero-order valence-corrected chi connectivity index (χ0v) is 17.2. The van der Waals surface area contributed by atoms with Gasteiger partial charge in [-0.3, -0.25) is 14.9 Å². The van der Waals surface area contributed by atoms with E-state index >= 15 is 0 Å². The summed E-state index contributed by atoms with van der Waals surface area (Å²) in [4.78, 5) is 25.5. The Bertz CT molecular complexity index is 1150. The Balaban J connectivity index is 1.86. The molecule has 0 saturated carbocycles. The first kappa shape index (κ1) is 21.8. The number of carbonyl (C=O) groups is 1. The van der Waals surface area contributed by atoms with Crippen LogP contribution in [0.3, 0.4) is 0 Å². The number of nitro groups is 1. The fourth-order valence-corrected chi connectivity index (χ4v) is 3.12. The molecule has 0 saturated heterocycles. The molecule has 0 N–H and O–H groups in total. The molecular weight excluding hydrogens is 414 g/mol. The van der Waals surface area contributed by atoms with Crippen molar-refractivity contribution in [3.8, 4) is 6.07 Å². The molecule has 0 unspecified atom stereocenters. The van der Waals surface area contributed by atoms with Gasteiger partial charge in [-0.15, -0.1) is 0 Å². The Kier molecular flexibility index (Phi) is 7.15. The van der Waals surface area contributed by atoms with Crippen LogP contribution in [0, 0.1) is 21.4 Å². The summed E-state index contributed by atoms with van der Waals surface area (Å²) < 4.78 is 0. The summed E-state index contributed by atoms with van der Waals surface area (Å²) in [6.07, 6.45) is 3.07. The number of amides is 1. The quantitative estimate of drug-likeness (QED) is 0.286. The number of para-hydroxylation sites is 1. The van der Waals surface area contributed by atoms with Gasteiger partial charge >= 0.3 is 0 Å². The Hall–Kier alpha value is -3.95. The summed E-state index contributed by atoms with van der Waals surface area (Å²) in [5.74, 6) is -0.294. The maximum Gasteiger partial charge on any atom is 0.274 e. The summed E-state index contributed by atoms with van der Waals surface area (Å²) in [5, 5.41) is 20.9. The molecule has 0 aliphatic carbocycles. The lowest BCUT2D eigenvalue weighted by Gasteiger charge is -2.21. The topological polar surface area (TPSA) is 87.2 Å². The second-order valence-corrected chi connectivity index (χ2v) is 7.21. The van der Waals surface area contributed by atoms with Crippen LogP contribution in [0.4, 0.5) is 5.69 Å². The molecule has 3 rings (SSSR count). The molecule has 31 heavy (non-hydrogen) atoms. The van der Waals surface area contributed by atoms with Crippen molar-refractivity contribution in [1.82, 2.24) is 4.90 Å². The fraction of sp³-hybridized carbons (Fsp3) is 0.0833. The number of nitro benzene ring substituents is 1. The van der Waals surface area contributed by atoms with E-state index in [0.29, 0.717) is 16.1 Å². The van der Waals surface area contributed by atoms with E-state index in [2.05, 4.69) is 0 Å². The van der Waals surface area contributed by atoms with E-state index in [1.54, 1.807) is 60.7 Å². The van der Waals surface area contributed by atoms with E-state index in [1.807, 2.05) is 18.2 Å². The van der Waals surface area contributed by atoms with Crippen LogP contribution in [0.15, 0.2) is 78.9 Å². The SMILES string of the molecule is N#Cc1ccc(/C=C/C(=O)N(Cc2ccc(Cl)cc2)Cc2ccccc2[N+](=O)[O-])cc1. The molecule has 3 aromatic carbocycles. The maximum absolute atomic E-state index is 13.0. The first-order chi connectivity index (χ1) is 15.0. The molecule has 7 heteroatoms. The molecule has 154 valence electrons. The standard InChI is InChI=1S/C24H18ClN3O3/c25-22-12-9-20(10-13-22)16-27(17-21-3-1-2-4-23(21)28(30)31)24(29)14-11-18-5-7-19(15-26)8-6-18/h1-14H,16-17H2/b14-11+. The maximum atomic E-state index is 13.0. The third-order valence-electron chi connectivity index (χ3n) is 4.61. The fourth-order valence-electron chi connectivity index (χ4n) is 2.99. The van der Waals surface area contributed by atoms with E-state index in [4.69, 9.17) is 16.9 Å². The Morgan fingerprint density at radius 1 is 1.03 bits per heavy atom. The first-order valence-electron chi connectivity index (χ1n) is 9.40. The number of benzene rings is 3. The van der Waals surface area contributed by atoms with Crippen LogP contribution in [-0.4, -0.2) is 15.7 Å². The zero-order valence-electron chi connectivity index (χ0n) is 16.4. The smallest absolute Gasteiger partial charge is 0.274 e. The van der Waals surface area contributed by atoms with Gasteiger partial charge in [-0.2, -0.15) is 5.26 Å². The molecule has 0 heterocycles. The predicted octanol–water partition coefficient (Wildman–Crippen LogP) is 5.36. The van der Waals surface area contributed by atoms with Crippen molar-refractivity contribution < 1.29 is 9.72 Å². The minimum atomic E-state index is -0.452. The summed E-state index contributed by atoms with van der Waals surface area (Å²) >= 11 is 5.95. The van der Waals surface area contributed by atoms with E-state index in [1.165, 1.54) is 17.0 Å². The van der Waals surface area contributed by atoms with Crippen LogP contribution in [-0.2, 0) is 17.9 Å². The van der Waals surface area contributed by atoms with E-state index < -0.39 is 4.92 Å². The zero-order chi connectivity index (χ0) is 22.2. The van der Waals surface area contributed by atoms with Crippen molar-refractivity contribution in [3.63, 3.8) is 0 Å². The number of nitrogens with zero attached hydrogens (tertiary/aromatic N) is 3. The Morgan fingerprint density at radius 2 is 1.71 bits per heavy atom. The summed E-state index contributed by atoms with van der Waals surface area (Å²) in [6.45, 7) is 0.343. The minimum absolute atomic E-state index is 0.0347. The van der Waals surface area contributed by atoms with Gasteiger partial charge in [0.25, 0.3) is 5.69 Å². The number of hydrogen-bond acceptors (Lipinski definition) is 4. The normalized spacial score (nSPS) is 10.6. The summed E-state index contributed by atoms with van der Waals surface area (Å²) in [5.41, 5.74) is 2.56. The lowest BCUT2D eigenvalue weighted by atomic mass is 10.1. The molecule has 1 amide bonds. The molecule has 0 fully saturated rings. The third kappa shape index (κ3) is 6.01. The average Bonchev–Trinajstić information content (AvgIpc) is 2.79. The van der Waals surface area contributed by atoms with Crippen molar-refractivity contribution in [2.45, 2.75) is 13.1 Å². The molecule has 0 spiro atoms. The highest BCUT2D eigenvalue weighted by atomic mass is 35.5. The Morgan fingerprint density at radius 3 is 2.35 bits per heavy atom. The Labute approximate surface area is 184 Å². The monoisotopic (exact) mass is 431 g/mol. The van der Waals surface area contributed by atoms with Crippen LogP contribution in [0.25, 0.3) is 6.08 Å². The predicted molar refractivity (Wildman–Crippen MR) is 119 cm³/mol. The third-order valence-corrected chi connectivity index (χ3v) is 4.86. The van der Waals surface area contributed by atoms with Crippen LogP contribution in [0.1, 0.15) is 22.3 Å². The van der Waals surface area contributed by atoms with Crippen LogP contribution in [0.2, 0.25) is 5.02 Å². The van der Waals surface area contributed by atoms with Gasteiger partial charge in [0.15, 0.2) is 0 Å². The van der Waals surface area contributed by atoms with Crippen molar-refractivity contribution in [2.24, 2.45) is 0 Å². The van der Waals surface area contributed by atoms with Crippen molar-refractivity contribution in [1.29, 1.82) is 5.26 Å². The number of carbonyl (C=O) groups excluding carboxylic acids is 1. The van der Waals surface area contributed by atoms with Crippen LogP contribution in [0.5, 0.6) is 0 Å². The van der Waals surface area contributed by atoms with Gasteiger partial charge in [0.05, 0.1) is 23.1 Å². The van der Waals surface area contributed by atoms with Gasteiger partial charge in [-0.25, -0.2) is 0 Å². The summed E-state index contributed by atoms with van der Waals surface area (Å²) in [7, 11) is 0.